The van der Waals surface area contributed by atoms with Crippen molar-refractivity contribution in [1.82, 2.24) is 0 Å². The molecule has 0 atom stereocenters. The number of hydrogen-bond donors (Lipinski definition) is 1. The molecule has 6 nitrogen and oxygen atoms in total. The number of halogens is 1. The van der Waals surface area contributed by atoms with Crippen LogP contribution in [0.3, 0.4) is 0 Å². The topological polar surface area (TPSA) is 81.5 Å². The SMILES string of the molecule is COc1ccc([N+](=O)[O-])cc1NC(=O)c1sc2ccccc2c1Cl. The highest BCUT2D eigenvalue weighted by molar-refractivity contribution is 7.21. The lowest BCUT2D eigenvalue weighted by atomic mass is 10.2. The van der Waals surface area contributed by atoms with Crippen molar-refractivity contribution in [1.29, 1.82) is 0 Å². The molecule has 1 aromatic heterocycles. The molecular weight excluding hydrogens is 352 g/mol. The third kappa shape index (κ3) is 2.91. The number of rotatable bonds is 4. The molecule has 0 saturated heterocycles. The van der Waals surface area contributed by atoms with Crippen LogP contribution < -0.4 is 10.1 Å². The minimum atomic E-state index is -0.540. The molecule has 122 valence electrons. The van der Waals surface area contributed by atoms with E-state index >= 15 is 0 Å². The summed E-state index contributed by atoms with van der Waals surface area (Å²) in [5.74, 6) is -0.119. The number of thiophene rings is 1. The molecule has 0 saturated carbocycles. The Labute approximate surface area is 145 Å². The van der Waals surface area contributed by atoms with Crippen LogP contribution in [0.5, 0.6) is 5.75 Å². The molecule has 8 heteroatoms. The molecule has 1 N–H and O–H groups in total. The van der Waals surface area contributed by atoms with E-state index in [4.69, 9.17) is 16.3 Å². The lowest BCUT2D eigenvalue weighted by Gasteiger charge is -2.09. The van der Waals surface area contributed by atoms with E-state index in [-0.39, 0.29) is 11.4 Å². The summed E-state index contributed by atoms with van der Waals surface area (Å²) in [7, 11) is 1.42. The molecular formula is C16H11ClN2O4S. The molecule has 2 aromatic carbocycles. The Kier molecular flexibility index (Phi) is 4.37. The summed E-state index contributed by atoms with van der Waals surface area (Å²) in [6.07, 6.45) is 0. The summed E-state index contributed by atoms with van der Waals surface area (Å²) < 4.78 is 6.03. The first-order valence-electron chi connectivity index (χ1n) is 6.82. The number of benzene rings is 2. The van der Waals surface area contributed by atoms with Crippen molar-refractivity contribution in [3.8, 4) is 5.75 Å². The Morgan fingerprint density at radius 3 is 2.71 bits per heavy atom. The number of nitro benzene ring substituents is 1. The van der Waals surface area contributed by atoms with E-state index < -0.39 is 10.8 Å². The lowest BCUT2D eigenvalue weighted by Crippen LogP contribution is -2.11. The summed E-state index contributed by atoms with van der Waals surface area (Å²) >= 11 is 7.54. The predicted octanol–water partition coefficient (Wildman–Crippen LogP) is 4.72. The van der Waals surface area contributed by atoms with E-state index in [1.807, 2.05) is 24.3 Å². The van der Waals surface area contributed by atoms with Gasteiger partial charge in [-0.1, -0.05) is 29.8 Å². The number of carbonyl (C=O) groups is 1. The summed E-state index contributed by atoms with van der Waals surface area (Å²) in [5.41, 5.74) is 0.0683. The highest BCUT2D eigenvalue weighted by Gasteiger charge is 2.19. The summed E-state index contributed by atoms with van der Waals surface area (Å²) in [5, 5.41) is 14.7. The molecule has 1 heterocycles. The first-order valence-corrected chi connectivity index (χ1v) is 8.01. The fourth-order valence-electron chi connectivity index (χ4n) is 2.25. The van der Waals surface area contributed by atoms with Crippen LogP contribution in [0.4, 0.5) is 11.4 Å². The maximum absolute atomic E-state index is 12.5. The van der Waals surface area contributed by atoms with Crippen LogP contribution in [-0.4, -0.2) is 17.9 Å². The first-order chi connectivity index (χ1) is 11.5. The van der Waals surface area contributed by atoms with Crippen molar-refractivity contribution >= 4 is 50.3 Å². The van der Waals surface area contributed by atoms with Gasteiger partial charge in [-0.15, -0.1) is 11.3 Å². The van der Waals surface area contributed by atoms with E-state index in [9.17, 15) is 14.9 Å². The molecule has 0 fully saturated rings. The standard InChI is InChI=1S/C16H11ClN2O4S/c1-23-12-7-6-9(19(21)22)8-11(12)18-16(20)15-14(17)10-4-2-3-5-13(10)24-15/h2-8H,1H3,(H,18,20). The van der Waals surface area contributed by atoms with E-state index in [2.05, 4.69) is 5.32 Å². The van der Waals surface area contributed by atoms with Crippen LogP contribution in [0.25, 0.3) is 10.1 Å². The van der Waals surface area contributed by atoms with Crippen molar-refractivity contribution in [2.45, 2.75) is 0 Å². The number of hydrogen-bond acceptors (Lipinski definition) is 5. The smallest absolute Gasteiger partial charge is 0.271 e. The van der Waals surface area contributed by atoms with Crippen LogP contribution >= 0.6 is 22.9 Å². The van der Waals surface area contributed by atoms with Crippen LogP contribution in [0, 0.1) is 10.1 Å². The van der Waals surface area contributed by atoms with Gasteiger partial charge in [0.15, 0.2) is 0 Å². The summed E-state index contributed by atoms with van der Waals surface area (Å²) in [4.78, 5) is 23.3. The van der Waals surface area contributed by atoms with Crippen molar-refractivity contribution in [2.24, 2.45) is 0 Å². The molecule has 0 radical (unpaired) electrons. The predicted molar refractivity (Wildman–Crippen MR) is 94.4 cm³/mol. The van der Waals surface area contributed by atoms with Gasteiger partial charge in [0.05, 0.1) is 22.7 Å². The molecule has 0 bridgehead atoms. The Morgan fingerprint density at radius 2 is 2.04 bits per heavy atom. The fraction of sp³-hybridized carbons (Fsp3) is 0.0625. The number of nitro groups is 1. The van der Waals surface area contributed by atoms with Crippen LogP contribution in [0.15, 0.2) is 42.5 Å². The average molecular weight is 363 g/mol. The maximum atomic E-state index is 12.5. The Morgan fingerprint density at radius 1 is 1.29 bits per heavy atom. The van der Waals surface area contributed by atoms with Gasteiger partial charge in [0.1, 0.15) is 10.6 Å². The molecule has 0 spiro atoms. The zero-order valence-corrected chi connectivity index (χ0v) is 14.0. The first kappa shape index (κ1) is 16.2. The quantitative estimate of drug-likeness (QED) is 0.537. The van der Waals surface area contributed by atoms with Gasteiger partial charge in [-0.3, -0.25) is 14.9 Å². The second-order valence-corrected chi connectivity index (χ2v) is 6.27. The second-order valence-electron chi connectivity index (χ2n) is 4.84. The molecule has 0 aliphatic carbocycles. The van der Waals surface area contributed by atoms with Gasteiger partial charge >= 0.3 is 0 Å². The Hall–Kier alpha value is -2.64. The average Bonchev–Trinajstić information content (AvgIpc) is 2.92. The van der Waals surface area contributed by atoms with Gasteiger partial charge in [-0.25, -0.2) is 0 Å². The molecule has 3 aromatic rings. The maximum Gasteiger partial charge on any atom is 0.271 e. The van der Waals surface area contributed by atoms with Crippen molar-refractivity contribution in [3.63, 3.8) is 0 Å². The normalized spacial score (nSPS) is 10.6. The van der Waals surface area contributed by atoms with Crippen LogP contribution in [-0.2, 0) is 0 Å². The number of amides is 1. The molecule has 24 heavy (non-hydrogen) atoms. The minimum absolute atomic E-state index is 0.145. The zero-order valence-electron chi connectivity index (χ0n) is 12.4. The van der Waals surface area contributed by atoms with Gasteiger partial charge < -0.3 is 10.1 Å². The van der Waals surface area contributed by atoms with Gasteiger partial charge in [0.25, 0.3) is 11.6 Å². The van der Waals surface area contributed by atoms with Gasteiger partial charge in [0, 0.05) is 22.2 Å². The zero-order chi connectivity index (χ0) is 17.3. The third-order valence-electron chi connectivity index (χ3n) is 3.38. The minimum Gasteiger partial charge on any atom is -0.495 e. The molecule has 0 unspecified atom stereocenters. The summed E-state index contributed by atoms with van der Waals surface area (Å²) in [6.45, 7) is 0. The number of nitrogens with one attached hydrogen (secondary N) is 1. The van der Waals surface area contributed by atoms with Gasteiger partial charge in [-0.2, -0.15) is 0 Å². The van der Waals surface area contributed by atoms with E-state index in [0.717, 1.165) is 10.1 Å². The number of methoxy groups -OCH3 is 1. The van der Waals surface area contributed by atoms with Crippen LogP contribution in [0.2, 0.25) is 5.02 Å². The highest BCUT2D eigenvalue weighted by atomic mass is 35.5. The van der Waals surface area contributed by atoms with E-state index in [1.54, 1.807) is 0 Å². The highest BCUT2D eigenvalue weighted by Crippen LogP contribution is 2.36. The Balaban J connectivity index is 1.98. The second kappa shape index (κ2) is 6.46. The summed E-state index contributed by atoms with van der Waals surface area (Å²) in [6, 6.07) is 11.4. The molecule has 3 rings (SSSR count). The lowest BCUT2D eigenvalue weighted by molar-refractivity contribution is -0.384. The molecule has 0 aliphatic rings. The Bertz CT molecular complexity index is 954. The molecule has 0 aliphatic heterocycles. The number of non-ortho nitro benzene ring substituents is 1. The van der Waals surface area contributed by atoms with Crippen LogP contribution in [0.1, 0.15) is 9.67 Å². The van der Waals surface area contributed by atoms with Crippen molar-refractivity contribution in [2.75, 3.05) is 12.4 Å². The van der Waals surface area contributed by atoms with Crippen molar-refractivity contribution in [3.05, 3.63) is 62.5 Å². The van der Waals surface area contributed by atoms with E-state index in [0.29, 0.717) is 15.6 Å². The monoisotopic (exact) mass is 362 g/mol. The fourth-order valence-corrected chi connectivity index (χ4v) is 3.66. The van der Waals surface area contributed by atoms with Crippen molar-refractivity contribution < 1.29 is 14.5 Å². The van der Waals surface area contributed by atoms with Gasteiger partial charge in [-0.05, 0) is 12.1 Å². The number of anilines is 1. The molecule has 1 amide bonds. The number of carbonyl (C=O) groups excluding carboxylic acids is 1. The third-order valence-corrected chi connectivity index (χ3v) is 5.06. The largest absolute Gasteiger partial charge is 0.495 e. The van der Waals surface area contributed by atoms with E-state index in [1.165, 1.54) is 36.6 Å². The number of ether oxygens (including phenoxy) is 1. The number of nitrogens with zero attached hydrogens (tertiary/aromatic N) is 1. The van der Waals surface area contributed by atoms with Gasteiger partial charge in [0.2, 0.25) is 0 Å². The number of fused-ring (bicyclic) bond motifs is 1.